The van der Waals surface area contributed by atoms with E-state index in [4.69, 9.17) is 21.1 Å². The highest BCUT2D eigenvalue weighted by Crippen LogP contribution is 2.29. The number of halogens is 1. The van der Waals surface area contributed by atoms with Gasteiger partial charge in [-0.15, -0.1) is 0 Å². The first-order valence-electron chi connectivity index (χ1n) is 6.50. The minimum atomic E-state index is -0.386. The molecule has 0 saturated heterocycles. The van der Waals surface area contributed by atoms with Crippen molar-refractivity contribution >= 4 is 17.6 Å². The molecule has 0 aromatic heterocycles. The Hall–Kier alpha value is -1.26. The summed E-state index contributed by atoms with van der Waals surface area (Å²) in [5.41, 5.74) is 0.962. The third-order valence-electron chi connectivity index (χ3n) is 2.85. The van der Waals surface area contributed by atoms with Gasteiger partial charge in [-0.05, 0) is 25.8 Å². The molecule has 0 heterocycles. The van der Waals surface area contributed by atoms with Crippen molar-refractivity contribution in [2.75, 3.05) is 13.2 Å². The molecular weight excluding hydrogens is 266 g/mol. The topological polar surface area (TPSA) is 47.6 Å². The highest BCUT2D eigenvalue weighted by Gasteiger charge is 2.21. The first-order chi connectivity index (χ1) is 9.20. The van der Waals surface area contributed by atoms with Gasteiger partial charge in [0.25, 0.3) is 0 Å². The Labute approximate surface area is 118 Å². The molecule has 0 bridgehead atoms. The predicted octanol–water partition coefficient (Wildman–Crippen LogP) is 2.53. The van der Waals surface area contributed by atoms with E-state index in [9.17, 15) is 4.79 Å². The Morgan fingerprint density at radius 1 is 1.47 bits per heavy atom. The van der Waals surface area contributed by atoms with Crippen molar-refractivity contribution in [3.8, 4) is 5.75 Å². The summed E-state index contributed by atoms with van der Waals surface area (Å²) in [6.07, 6.45) is 2.44. The van der Waals surface area contributed by atoms with E-state index < -0.39 is 0 Å². The number of rotatable bonds is 7. The average molecular weight is 284 g/mol. The van der Waals surface area contributed by atoms with Crippen molar-refractivity contribution in [2.24, 2.45) is 0 Å². The number of hydrogen-bond donors (Lipinski definition) is 1. The van der Waals surface area contributed by atoms with Gasteiger partial charge in [-0.3, -0.25) is 0 Å². The molecule has 104 valence electrons. The number of benzene rings is 1. The van der Waals surface area contributed by atoms with E-state index in [1.807, 2.05) is 12.1 Å². The van der Waals surface area contributed by atoms with E-state index in [0.29, 0.717) is 30.0 Å². The molecule has 1 aliphatic rings. The average Bonchev–Trinajstić information content (AvgIpc) is 3.19. The lowest BCUT2D eigenvalue weighted by atomic mass is 10.2. The van der Waals surface area contributed by atoms with Crippen molar-refractivity contribution in [1.82, 2.24) is 5.32 Å². The lowest BCUT2D eigenvalue weighted by Crippen LogP contribution is -2.18. The van der Waals surface area contributed by atoms with Crippen LogP contribution in [0.25, 0.3) is 0 Å². The monoisotopic (exact) mass is 283 g/mol. The molecule has 0 atom stereocenters. The smallest absolute Gasteiger partial charge is 0.344 e. The van der Waals surface area contributed by atoms with Crippen LogP contribution in [0.5, 0.6) is 5.75 Å². The fourth-order valence-electron chi connectivity index (χ4n) is 1.73. The Kier molecular flexibility index (Phi) is 5.05. The van der Waals surface area contributed by atoms with Gasteiger partial charge in [0.15, 0.2) is 6.61 Å². The molecule has 19 heavy (non-hydrogen) atoms. The van der Waals surface area contributed by atoms with Crippen LogP contribution in [0.2, 0.25) is 5.02 Å². The molecule has 2 rings (SSSR count). The molecule has 1 fully saturated rings. The first kappa shape index (κ1) is 14.2. The van der Waals surface area contributed by atoms with Crippen molar-refractivity contribution in [3.05, 3.63) is 28.8 Å². The van der Waals surface area contributed by atoms with Gasteiger partial charge in [-0.1, -0.05) is 23.7 Å². The van der Waals surface area contributed by atoms with Crippen LogP contribution < -0.4 is 10.1 Å². The van der Waals surface area contributed by atoms with Crippen LogP contribution in [0.3, 0.4) is 0 Å². The maximum atomic E-state index is 11.3. The number of carbonyl (C=O) groups is 1. The summed E-state index contributed by atoms with van der Waals surface area (Å²) in [5, 5.41) is 3.91. The van der Waals surface area contributed by atoms with Gasteiger partial charge in [0.05, 0.1) is 11.6 Å². The predicted molar refractivity (Wildman–Crippen MR) is 73.4 cm³/mol. The van der Waals surface area contributed by atoms with Crippen molar-refractivity contribution in [2.45, 2.75) is 32.4 Å². The van der Waals surface area contributed by atoms with E-state index in [2.05, 4.69) is 5.32 Å². The second-order valence-electron chi connectivity index (χ2n) is 4.48. The van der Waals surface area contributed by atoms with Gasteiger partial charge in [0.2, 0.25) is 0 Å². The number of nitrogens with one attached hydrogen (secondary N) is 1. The molecule has 0 unspecified atom stereocenters. The first-order valence-corrected chi connectivity index (χ1v) is 6.87. The summed E-state index contributed by atoms with van der Waals surface area (Å²) < 4.78 is 10.3. The van der Waals surface area contributed by atoms with E-state index in [1.54, 1.807) is 13.0 Å². The largest absolute Gasteiger partial charge is 0.480 e. The summed E-state index contributed by atoms with van der Waals surface area (Å²) in [4.78, 5) is 11.3. The van der Waals surface area contributed by atoms with Crippen LogP contribution >= 0.6 is 11.6 Å². The molecule has 0 radical (unpaired) electrons. The molecular formula is C14H18ClNO3. The van der Waals surface area contributed by atoms with E-state index >= 15 is 0 Å². The summed E-state index contributed by atoms with van der Waals surface area (Å²) in [6.45, 7) is 2.69. The van der Waals surface area contributed by atoms with Crippen LogP contribution in [-0.2, 0) is 16.1 Å². The number of carbonyl (C=O) groups excluding carboxylic acids is 1. The summed E-state index contributed by atoms with van der Waals surface area (Å²) >= 11 is 6.12. The Bertz CT molecular complexity index is 446. The third-order valence-corrected chi connectivity index (χ3v) is 3.14. The van der Waals surface area contributed by atoms with E-state index in [0.717, 1.165) is 5.56 Å². The number of hydrogen-bond acceptors (Lipinski definition) is 4. The minimum Gasteiger partial charge on any atom is -0.480 e. The zero-order valence-electron chi connectivity index (χ0n) is 10.9. The third kappa shape index (κ3) is 4.40. The molecule has 0 amide bonds. The molecule has 1 saturated carbocycles. The van der Waals surface area contributed by atoms with Gasteiger partial charge in [0.1, 0.15) is 5.75 Å². The minimum absolute atomic E-state index is 0.117. The molecule has 1 aliphatic carbocycles. The Morgan fingerprint density at radius 2 is 2.26 bits per heavy atom. The van der Waals surface area contributed by atoms with Gasteiger partial charge in [-0.25, -0.2) is 4.79 Å². The van der Waals surface area contributed by atoms with Crippen molar-refractivity contribution < 1.29 is 14.3 Å². The molecule has 5 heteroatoms. The van der Waals surface area contributed by atoms with Gasteiger partial charge >= 0.3 is 5.97 Å². The zero-order chi connectivity index (χ0) is 13.7. The fourth-order valence-corrected chi connectivity index (χ4v) is 1.98. The SMILES string of the molecule is CCOC(=O)COc1c(Cl)cccc1CNC1CC1. The highest BCUT2D eigenvalue weighted by atomic mass is 35.5. The number of para-hydroxylation sites is 1. The summed E-state index contributed by atoms with van der Waals surface area (Å²) in [7, 11) is 0. The maximum Gasteiger partial charge on any atom is 0.344 e. The van der Waals surface area contributed by atoms with E-state index in [1.165, 1.54) is 12.8 Å². The lowest BCUT2D eigenvalue weighted by molar-refractivity contribution is -0.145. The quantitative estimate of drug-likeness (QED) is 0.781. The van der Waals surface area contributed by atoms with Crippen LogP contribution in [-0.4, -0.2) is 25.2 Å². The zero-order valence-corrected chi connectivity index (χ0v) is 11.7. The standard InChI is InChI=1S/C14H18ClNO3/c1-2-18-13(17)9-19-14-10(4-3-5-12(14)15)8-16-11-6-7-11/h3-5,11,16H,2,6-9H2,1H3. The van der Waals surface area contributed by atoms with Crippen molar-refractivity contribution in [1.29, 1.82) is 0 Å². The van der Waals surface area contributed by atoms with Crippen LogP contribution in [0.1, 0.15) is 25.3 Å². The maximum absolute atomic E-state index is 11.3. The van der Waals surface area contributed by atoms with Gasteiger partial charge < -0.3 is 14.8 Å². The summed E-state index contributed by atoms with van der Waals surface area (Å²) in [5.74, 6) is 0.175. The van der Waals surface area contributed by atoms with E-state index in [-0.39, 0.29) is 12.6 Å². The second-order valence-corrected chi connectivity index (χ2v) is 4.88. The molecule has 0 spiro atoms. The normalized spacial score (nSPS) is 14.2. The number of esters is 1. The fraction of sp³-hybridized carbons (Fsp3) is 0.500. The van der Waals surface area contributed by atoms with Crippen LogP contribution in [0, 0.1) is 0 Å². The lowest BCUT2D eigenvalue weighted by Gasteiger charge is -2.13. The Balaban J connectivity index is 1.97. The molecule has 1 aromatic rings. The molecule has 1 N–H and O–H groups in total. The molecule has 1 aromatic carbocycles. The highest BCUT2D eigenvalue weighted by molar-refractivity contribution is 6.32. The second kappa shape index (κ2) is 6.78. The van der Waals surface area contributed by atoms with Crippen LogP contribution in [0.4, 0.5) is 0 Å². The van der Waals surface area contributed by atoms with Crippen molar-refractivity contribution in [3.63, 3.8) is 0 Å². The van der Waals surface area contributed by atoms with Gasteiger partial charge in [0, 0.05) is 18.2 Å². The van der Waals surface area contributed by atoms with Crippen LogP contribution in [0.15, 0.2) is 18.2 Å². The number of ether oxygens (including phenoxy) is 2. The summed E-state index contributed by atoms with van der Waals surface area (Å²) in [6, 6.07) is 6.19. The van der Waals surface area contributed by atoms with Gasteiger partial charge in [-0.2, -0.15) is 0 Å². The Morgan fingerprint density at radius 3 is 2.95 bits per heavy atom. The molecule has 0 aliphatic heterocycles. The molecule has 4 nitrogen and oxygen atoms in total.